The van der Waals surface area contributed by atoms with Crippen molar-refractivity contribution in [2.75, 3.05) is 19.7 Å². The van der Waals surface area contributed by atoms with Gasteiger partial charge in [-0.2, -0.15) is 13.2 Å². The Morgan fingerprint density at radius 3 is 2.42 bits per heavy atom. The highest BCUT2D eigenvalue weighted by molar-refractivity contribution is 5.96. The van der Waals surface area contributed by atoms with Gasteiger partial charge in [0, 0.05) is 19.1 Å². The summed E-state index contributed by atoms with van der Waals surface area (Å²) in [6.45, 7) is 4.62. The first-order chi connectivity index (χ1) is 14.6. The molecule has 2 aromatic rings. The molecule has 0 aromatic heterocycles. The molecule has 5 nitrogen and oxygen atoms in total. The van der Waals surface area contributed by atoms with Crippen LogP contribution in [0.15, 0.2) is 42.5 Å². The maximum Gasteiger partial charge on any atom is 0.417 e. The lowest BCUT2D eigenvalue weighted by atomic mass is 10.0. The quantitative estimate of drug-likeness (QED) is 0.770. The SMILES string of the molecule is Cc1ccc(OCC(=O)N2CCC(NC(=O)c3ccccc3C(F)(F)F)CC2)c(C)c1. The number of alkyl halides is 3. The van der Waals surface area contributed by atoms with Crippen LogP contribution in [0.5, 0.6) is 5.75 Å². The highest BCUT2D eigenvalue weighted by Gasteiger charge is 2.35. The van der Waals surface area contributed by atoms with E-state index in [1.807, 2.05) is 32.0 Å². The van der Waals surface area contributed by atoms with Crippen molar-refractivity contribution in [2.24, 2.45) is 0 Å². The van der Waals surface area contributed by atoms with E-state index in [0.29, 0.717) is 31.7 Å². The maximum atomic E-state index is 13.1. The number of amides is 2. The molecule has 2 amide bonds. The molecule has 0 aliphatic carbocycles. The first-order valence-corrected chi connectivity index (χ1v) is 10.1. The number of aryl methyl sites for hydroxylation is 2. The number of piperidine rings is 1. The summed E-state index contributed by atoms with van der Waals surface area (Å²) in [5.74, 6) is -0.257. The summed E-state index contributed by atoms with van der Waals surface area (Å²) in [7, 11) is 0. The Morgan fingerprint density at radius 2 is 1.77 bits per heavy atom. The van der Waals surface area contributed by atoms with E-state index in [4.69, 9.17) is 4.74 Å². The van der Waals surface area contributed by atoms with Crippen molar-refractivity contribution < 1.29 is 27.5 Å². The highest BCUT2D eigenvalue weighted by Crippen LogP contribution is 2.32. The number of rotatable bonds is 5. The van der Waals surface area contributed by atoms with Crippen LogP contribution < -0.4 is 10.1 Å². The molecule has 1 N–H and O–H groups in total. The average molecular weight is 434 g/mol. The molecule has 0 bridgehead atoms. The third-order valence-corrected chi connectivity index (χ3v) is 5.34. The number of nitrogens with zero attached hydrogens (tertiary/aromatic N) is 1. The lowest BCUT2D eigenvalue weighted by Crippen LogP contribution is -2.47. The zero-order chi connectivity index (χ0) is 22.6. The fourth-order valence-corrected chi connectivity index (χ4v) is 3.66. The number of carbonyl (C=O) groups excluding carboxylic acids is 2. The molecule has 0 radical (unpaired) electrons. The molecule has 31 heavy (non-hydrogen) atoms. The van der Waals surface area contributed by atoms with Crippen molar-refractivity contribution >= 4 is 11.8 Å². The summed E-state index contributed by atoms with van der Waals surface area (Å²) in [6, 6.07) is 10.2. The highest BCUT2D eigenvalue weighted by atomic mass is 19.4. The lowest BCUT2D eigenvalue weighted by molar-refractivity contribution is -0.138. The second kappa shape index (κ2) is 9.41. The first kappa shape index (κ1) is 22.7. The van der Waals surface area contributed by atoms with Gasteiger partial charge in [-0.05, 0) is 50.5 Å². The number of benzene rings is 2. The number of hydrogen-bond donors (Lipinski definition) is 1. The third-order valence-electron chi connectivity index (χ3n) is 5.34. The maximum absolute atomic E-state index is 13.1. The predicted molar refractivity (Wildman–Crippen MR) is 110 cm³/mol. The van der Waals surface area contributed by atoms with Gasteiger partial charge in [0.15, 0.2) is 6.61 Å². The van der Waals surface area contributed by atoms with Crippen LogP contribution in [-0.2, 0) is 11.0 Å². The molecule has 0 unspecified atom stereocenters. The second-order valence-electron chi connectivity index (χ2n) is 7.73. The van der Waals surface area contributed by atoms with Gasteiger partial charge in [-0.3, -0.25) is 9.59 Å². The number of halogens is 3. The van der Waals surface area contributed by atoms with Crippen molar-refractivity contribution in [3.8, 4) is 5.75 Å². The van der Waals surface area contributed by atoms with Crippen molar-refractivity contribution in [3.63, 3.8) is 0 Å². The summed E-state index contributed by atoms with van der Waals surface area (Å²) in [5.41, 5.74) is 0.713. The van der Waals surface area contributed by atoms with Crippen LogP contribution in [0.1, 0.15) is 39.9 Å². The van der Waals surface area contributed by atoms with Crippen molar-refractivity contribution in [1.29, 1.82) is 0 Å². The minimum absolute atomic E-state index is 0.0834. The van der Waals surface area contributed by atoms with Gasteiger partial charge in [0.2, 0.25) is 0 Å². The molecule has 0 spiro atoms. The lowest BCUT2D eigenvalue weighted by Gasteiger charge is -2.32. The van der Waals surface area contributed by atoms with Crippen LogP contribution in [0.3, 0.4) is 0 Å². The zero-order valence-corrected chi connectivity index (χ0v) is 17.5. The van der Waals surface area contributed by atoms with E-state index >= 15 is 0 Å². The number of carbonyl (C=O) groups is 2. The third kappa shape index (κ3) is 5.77. The normalized spacial score (nSPS) is 14.9. The molecule has 2 aromatic carbocycles. The molecular formula is C23H25F3N2O3. The van der Waals surface area contributed by atoms with Gasteiger partial charge in [0.25, 0.3) is 11.8 Å². The molecule has 0 saturated carbocycles. The van der Waals surface area contributed by atoms with Gasteiger partial charge < -0.3 is 15.0 Å². The minimum atomic E-state index is -4.60. The molecular weight excluding hydrogens is 409 g/mol. The largest absolute Gasteiger partial charge is 0.484 e. The van der Waals surface area contributed by atoms with Gasteiger partial charge >= 0.3 is 6.18 Å². The van der Waals surface area contributed by atoms with Crippen LogP contribution in [0, 0.1) is 13.8 Å². The Hall–Kier alpha value is -3.03. The number of hydrogen-bond acceptors (Lipinski definition) is 3. The molecule has 1 heterocycles. The van der Waals surface area contributed by atoms with Crippen molar-refractivity contribution in [2.45, 2.75) is 38.9 Å². The van der Waals surface area contributed by atoms with Gasteiger partial charge in [0.05, 0.1) is 11.1 Å². The summed E-state index contributed by atoms with van der Waals surface area (Å²) >= 11 is 0. The monoisotopic (exact) mass is 434 g/mol. The van der Waals surface area contributed by atoms with E-state index in [-0.39, 0.29) is 18.6 Å². The molecule has 1 aliphatic rings. The first-order valence-electron chi connectivity index (χ1n) is 10.1. The van der Waals surface area contributed by atoms with Crippen LogP contribution in [0.4, 0.5) is 13.2 Å². The van der Waals surface area contributed by atoms with E-state index < -0.39 is 23.2 Å². The van der Waals surface area contributed by atoms with Gasteiger partial charge in [-0.25, -0.2) is 0 Å². The Kier molecular flexibility index (Phi) is 6.87. The topological polar surface area (TPSA) is 58.6 Å². The summed E-state index contributed by atoms with van der Waals surface area (Å²) in [5, 5.41) is 2.67. The molecule has 1 aliphatic heterocycles. The van der Waals surface area contributed by atoms with E-state index in [9.17, 15) is 22.8 Å². The van der Waals surface area contributed by atoms with E-state index in [1.54, 1.807) is 4.90 Å². The Morgan fingerprint density at radius 1 is 1.10 bits per heavy atom. The zero-order valence-electron chi connectivity index (χ0n) is 17.5. The van der Waals surface area contributed by atoms with E-state index in [2.05, 4.69) is 5.32 Å². The fraction of sp³-hybridized carbons (Fsp3) is 0.391. The summed E-state index contributed by atoms with van der Waals surface area (Å²) in [6.07, 6.45) is -3.66. The van der Waals surface area contributed by atoms with Gasteiger partial charge in [-0.15, -0.1) is 0 Å². The van der Waals surface area contributed by atoms with Crippen molar-refractivity contribution in [3.05, 3.63) is 64.7 Å². The smallest absolute Gasteiger partial charge is 0.417 e. The molecule has 1 saturated heterocycles. The van der Waals surface area contributed by atoms with Crippen LogP contribution in [0.25, 0.3) is 0 Å². The van der Waals surface area contributed by atoms with Crippen LogP contribution >= 0.6 is 0 Å². The van der Waals surface area contributed by atoms with E-state index in [0.717, 1.165) is 17.2 Å². The summed E-state index contributed by atoms with van der Waals surface area (Å²) < 4.78 is 45.0. The minimum Gasteiger partial charge on any atom is -0.484 e. The van der Waals surface area contributed by atoms with Crippen LogP contribution in [-0.4, -0.2) is 42.5 Å². The Labute approximate surface area is 179 Å². The number of likely N-dealkylation sites (tertiary alicyclic amines) is 1. The molecule has 3 rings (SSSR count). The Bertz CT molecular complexity index is 951. The average Bonchev–Trinajstić information content (AvgIpc) is 2.73. The van der Waals surface area contributed by atoms with Crippen LogP contribution in [0.2, 0.25) is 0 Å². The predicted octanol–water partition coefficient (Wildman–Crippen LogP) is 4.12. The van der Waals surface area contributed by atoms with E-state index in [1.165, 1.54) is 18.2 Å². The van der Waals surface area contributed by atoms with Gasteiger partial charge in [0.1, 0.15) is 5.75 Å². The van der Waals surface area contributed by atoms with Gasteiger partial charge in [-0.1, -0.05) is 29.8 Å². The fourth-order valence-electron chi connectivity index (χ4n) is 3.66. The molecule has 166 valence electrons. The summed E-state index contributed by atoms with van der Waals surface area (Å²) in [4.78, 5) is 26.5. The molecule has 1 fully saturated rings. The number of nitrogens with one attached hydrogen (secondary N) is 1. The standard InChI is InChI=1S/C23H25F3N2O3/c1-15-7-8-20(16(2)13-15)31-14-21(29)28-11-9-17(10-12-28)27-22(30)18-5-3-4-6-19(18)23(24,25)26/h3-8,13,17H,9-12,14H2,1-2H3,(H,27,30). The number of ether oxygens (including phenoxy) is 1. The molecule has 0 atom stereocenters. The second-order valence-corrected chi connectivity index (χ2v) is 7.73. The Balaban J connectivity index is 1.50. The molecule has 8 heteroatoms. The van der Waals surface area contributed by atoms with Crippen molar-refractivity contribution in [1.82, 2.24) is 10.2 Å².